The average molecular weight is 406 g/mol. The molecule has 0 N–H and O–H groups in total. The van der Waals surface area contributed by atoms with Crippen LogP contribution in [0.5, 0.6) is 0 Å². The van der Waals surface area contributed by atoms with Gasteiger partial charge in [0.2, 0.25) is 0 Å². The molecule has 0 aromatic carbocycles. The Bertz CT molecular complexity index is 420. The van der Waals surface area contributed by atoms with E-state index in [-0.39, 0.29) is 0 Å². The Balaban J connectivity index is 1.68. The van der Waals surface area contributed by atoms with E-state index < -0.39 is 0 Å². The van der Waals surface area contributed by atoms with Crippen LogP contribution in [-0.4, -0.2) is 0 Å². The number of halogens is 2. The van der Waals surface area contributed by atoms with E-state index in [1.54, 1.807) is 0 Å². The number of hydrogen-bond acceptors (Lipinski definition) is 1. The maximum absolute atomic E-state index is 4.00. The van der Waals surface area contributed by atoms with Crippen LogP contribution in [0, 0.1) is 24.7 Å². The molecular formula is C16H22Br2S. The highest BCUT2D eigenvalue weighted by Gasteiger charge is 2.35. The van der Waals surface area contributed by atoms with Gasteiger partial charge in [0.25, 0.3) is 0 Å². The minimum absolute atomic E-state index is 0.574. The number of rotatable bonds is 2. The van der Waals surface area contributed by atoms with Gasteiger partial charge in [-0.1, -0.05) is 41.6 Å². The molecule has 3 heteroatoms. The SMILES string of the molecule is Cc1sc(C(Br)C2CCC3CCCCC3C2)cc1Br. The second-order valence-corrected chi connectivity index (χ2v) is 9.46. The Kier molecular flexibility index (Phi) is 4.75. The molecule has 0 bridgehead atoms. The van der Waals surface area contributed by atoms with E-state index in [0.717, 1.165) is 17.8 Å². The largest absolute Gasteiger partial charge is 0.143 e. The summed E-state index contributed by atoms with van der Waals surface area (Å²) >= 11 is 9.61. The standard InChI is InChI=1S/C16H22Br2S/c1-10-14(17)9-15(19-10)16(18)13-7-6-11-4-2-3-5-12(11)8-13/h9,11-13,16H,2-8H2,1H3. The zero-order valence-corrected chi connectivity index (χ0v) is 15.5. The summed E-state index contributed by atoms with van der Waals surface area (Å²) in [5, 5.41) is 0. The predicted octanol–water partition coefficient (Wildman–Crippen LogP) is 6.86. The third kappa shape index (κ3) is 3.13. The Hall–Kier alpha value is 0.660. The first-order valence-corrected chi connectivity index (χ1v) is 10.1. The molecule has 3 rings (SSSR count). The maximum atomic E-state index is 4.00. The highest BCUT2D eigenvalue weighted by Crippen LogP contribution is 2.50. The number of aryl methyl sites for hydroxylation is 1. The Morgan fingerprint density at radius 1 is 1.16 bits per heavy atom. The fourth-order valence-corrected chi connectivity index (χ4v) is 6.55. The molecule has 1 aromatic heterocycles. The predicted molar refractivity (Wildman–Crippen MR) is 91.2 cm³/mol. The summed E-state index contributed by atoms with van der Waals surface area (Å²) in [5.41, 5.74) is 0. The topological polar surface area (TPSA) is 0 Å². The van der Waals surface area contributed by atoms with Crippen molar-refractivity contribution in [1.29, 1.82) is 0 Å². The van der Waals surface area contributed by atoms with Gasteiger partial charge in [0.05, 0.1) is 4.83 Å². The van der Waals surface area contributed by atoms with Gasteiger partial charge < -0.3 is 0 Å². The van der Waals surface area contributed by atoms with Gasteiger partial charge in [-0.2, -0.15) is 0 Å². The normalized spacial score (nSPS) is 32.9. The molecule has 19 heavy (non-hydrogen) atoms. The molecule has 0 aliphatic heterocycles. The van der Waals surface area contributed by atoms with Gasteiger partial charge in [-0.15, -0.1) is 11.3 Å². The first kappa shape index (κ1) is 14.6. The van der Waals surface area contributed by atoms with E-state index in [2.05, 4.69) is 44.8 Å². The smallest absolute Gasteiger partial charge is 0.0517 e. The molecule has 0 saturated heterocycles. The first-order valence-electron chi connectivity index (χ1n) is 7.55. The van der Waals surface area contributed by atoms with Crippen molar-refractivity contribution in [3.05, 3.63) is 20.3 Å². The third-order valence-corrected chi connectivity index (χ3v) is 8.91. The highest BCUT2D eigenvalue weighted by atomic mass is 79.9. The van der Waals surface area contributed by atoms with Crippen LogP contribution in [0.4, 0.5) is 0 Å². The minimum atomic E-state index is 0.574. The highest BCUT2D eigenvalue weighted by molar-refractivity contribution is 9.10. The molecule has 106 valence electrons. The van der Waals surface area contributed by atoms with Gasteiger partial charge >= 0.3 is 0 Å². The number of thiophene rings is 1. The lowest BCUT2D eigenvalue weighted by Gasteiger charge is -2.40. The number of hydrogen-bond donors (Lipinski definition) is 0. The summed E-state index contributed by atoms with van der Waals surface area (Å²) in [6, 6.07) is 2.33. The summed E-state index contributed by atoms with van der Waals surface area (Å²) in [5.74, 6) is 2.93. The van der Waals surface area contributed by atoms with Crippen LogP contribution in [-0.2, 0) is 0 Å². The van der Waals surface area contributed by atoms with Crippen LogP contribution in [0.2, 0.25) is 0 Å². The van der Waals surface area contributed by atoms with Crippen LogP contribution in [0.15, 0.2) is 10.5 Å². The molecule has 2 saturated carbocycles. The van der Waals surface area contributed by atoms with E-state index >= 15 is 0 Å². The minimum Gasteiger partial charge on any atom is -0.143 e. The zero-order valence-electron chi connectivity index (χ0n) is 11.5. The molecule has 4 atom stereocenters. The van der Waals surface area contributed by atoms with Gasteiger partial charge in [0, 0.05) is 14.2 Å². The molecule has 0 spiro atoms. The second-order valence-electron chi connectivity index (χ2n) is 6.33. The molecule has 1 aromatic rings. The number of fused-ring (bicyclic) bond motifs is 1. The summed E-state index contributed by atoms with van der Waals surface area (Å²) in [6.45, 7) is 2.20. The lowest BCUT2D eigenvalue weighted by molar-refractivity contribution is 0.129. The molecule has 2 fully saturated rings. The van der Waals surface area contributed by atoms with Gasteiger partial charge in [0.15, 0.2) is 0 Å². The van der Waals surface area contributed by atoms with Gasteiger partial charge in [-0.05, 0) is 65.9 Å². The van der Waals surface area contributed by atoms with Crippen molar-refractivity contribution in [2.24, 2.45) is 17.8 Å². The van der Waals surface area contributed by atoms with Crippen molar-refractivity contribution in [1.82, 2.24) is 0 Å². The third-order valence-electron chi connectivity index (χ3n) is 5.14. The Labute approximate surface area is 137 Å². The van der Waals surface area contributed by atoms with Crippen LogP contribution in [0.25, 0.3) is 0 Å². The summed E-state index contributed by atoms with van der Waals surface area (Å²) in [6.07, 6.45) is 10.3. The van der Waals surface area contributed by atoms with Crippen LogP contribution < -0.4 is 0 Å². The van der Waals surface area contributed by atoms with Crippen molar-refractivity contribution >= 4 is 43.2 Å². The van der Waals surface area contributed by atoms with Crippen molar-refractivity contribution < 1.29 is 0 Å². The molecule has 1 heterocycles. The molecule has 0 amide bonds. The molecule has 2 aliphatic carbocycles. The van der Waals surface area contributed by atoms with E-state index in [1.165, 1.54) is 59.2 Å². The van der Waals surface area contributed by atoms with E-state index in [1.807, 2.05) is 11.3 Å². The monoisotopic (exact) mass is 404 g/mol. The maximum Gasteiger partial charge on any atom is 0.0517 e. The molecule has 0 radical (unpaired) electrons. The quantitative estimate of drug-likeness (QED) is 0.471. The van der Waals surface area contributed by atoms with Crippen molar-refractivity contribution in [2.75, 3.05) is 0 Å². The Morgan fingerprint density at radius 3 is 2.58 bits per heavy atom. The van der Waals surface area contributed by atoms with Gasteiger partial charge in [-0.25, -0.2) is 0 Å². The summed E-state index contributed by atoms with van der Waals surface area (Å²) in [4.78, 5) is 3.50. The van der Waals surface area contributed by atoms with Crippen LogP contribution in [0.3, 0.4) is 0 Å². The second kappa shape index (κ2) is 6.19. The van der Waals surface area contributed by atoms with Crippen molar-refractivity contribution in [3.8, 4) is 0 Å². The van der Waals surface area contributed by atoms with Crippen molar-refractivity contribution in [3.63, 3.8) is 0 Å². The van der Waals surface area contributed by atoms with E-state index in [0.29, 0.717) is 4.83 Å². The van der Waals surface area contributed by atoms with E-state index in [4.69, 9.17) is 0 Å². The fraction of sp³-hybridized carbons (Fsp3) is 0.750. The lowest BCUT2D eigenvalue weighted by Crippen LogP contribution is -2.29. The van der Waals surface area contributed by atoms with Crippen LogP contribution in [0.1, 0.15) is 59.5 Å². The molecular weight excluding hydrogens is 384 g/mol. The Morgan fingerprint density at radius 2 is 1.89 bits per heavy atom. The van der Waals surface area contributed by atoms with Crippen molar-refractivity contribution in [2.45, 2.75) is 56.7 Å². The zero-order chi connectivity index (χ0) is 13.4. The fourth-order valence-electron chi connectivity index (χ4n) is 4.03. The summed E-state index contributed by atoms with van der Waals surface area (Å²) in [7, 11) is 0. The van der Waals surface area contributed by atoms with E-state index in [9.17, 15) is 0 Å². The number of alkyl halides is 1. The average Bonchev–Trinajstić information content (AvgIpc) is 2.77. The molecule has 2 aliphatic rings. The first-order chi connectivity index (χ1) is 9.15. The molecule has 0 nitrogen and oxygen atoms in total. The van der Waals surface area contributed by atoms with Crippen LogP contribution >= 0.6 is 43.2 Å². The molecule has 4 unspecified atom stereocenters. The lowest BCUT2D eigenvalue weighted by atomic mass is 9.67. The van der Waals surface area contributed by atoms with Gasteiger partial charge in [-0.3, -0.25) is 0 Å². The van der Waals surface area contributed by atoms with Gasteiger partial charge in [0.1, 0.15) is 0 Å². The summed E-state index contributed by atoms with van der Waals surface area (Å²) < 4.78 is 1.28.